The third-order valence-electron chi connectivity index (χ3n) is 8.70. The molecular weight excluding hydrogens is 550 g/mol. The van der Waals surface area contributed by atoms with Gasteiger partial charge in [-0.2, -0.15) is 0 Å². The van der Waals surface area contributed by atoms with Gasteiger partial charge >= 0.3 is 11.9 Å². The van der Waals surface area contributed by atoms with Crippen LogP contribution in [0.4, 0.5) is 0 Å². The summed E-state index contributed by atoms with van der Waals surface area (Å²) < 4.78 is 11.3. The lowest BCUT2D eigenvalue weighted by Crippen LogP contribution is -2.29. The van der Waals surface area contributed by atoms with E-state index in [1.165, 1.54) is 96.3 Å². The highest BCUT2D eigenvalue weighted by Crippen LogP contribution is 2.18. The van der Waals surface area contributed by atoms with E-state index < -0.39 is 0 Å². The second-order valence-corrected chi connectivity index (χ2v) is 13.0. The van der Waals surface area contributed by atoms with Crippen LogP contribution in [0.15, 0.2) is 0 Å². The van der Waals surface area contributed by atoms with Crippen molar-refractivity contribution < 1.29 is 24.2 Å². The first-order valence-electron chi connectivity index (χ1n) is 19.3. The summed E-state index contributed by atoms with van der Waals surface area (Å²) in [5.74, 6) is -0.0865. The molecule has 1 N–H and O–H groups in total. The number of hydrogen-bond acceptors (Lipinski definition) is 6. The molecular formula is C38H75NO5. The molecule has 0 radical (unpaired) electrons. The highest BCUT2D eigenvalue weighted by Gasteiger charge is 2.14. The number of carbonyl (C=O) groups excluding carboxylic acids is 2. The summed E-state index contributed by atoms with van der Waals surface area (Å²) >= 11 is 0. The van der Waals surface area contributed by atoms with E-state index in [9.17, 15) is 14.7 Å². The number of ether oxygens (including phenoxy) is 2. The fourth-order valence-corrected chi connectivity index (χ4v) is 5.82. The zero-order valence-corrected chi connectivity index (χ0v) is 29.7. The molecule has 0 saturated carbocycles. The van der Waals surface area contributed by atoms with E-state index in [4.69, 9.17) is 9.47 Å². The first kappa shape index (κ1) is 42.9. The predicted molar refractivity (Wildman–Crippen MR) is 186 cm³/mol. The molecule has 6 nitrogen and oxygen atoms in total. The van der Waals surface area contributed by atoms with Crippen LogP contribution in [0, 0.1) is 0 Å². The Balaban J connectivity index is 4.11. The zero-order valence-electron chi connectivity index (χ0n) is 29.7. The molecule has 0 aliphatic carbocycles. The Hall–Kier alpha value is -1.14. The minimum Gasteiger partial charge on any atom is -0.466 e. The molecule has 0 amide bonds. The Kier molecular flexibility index (Phi) is 33.8. The maximum atomic E-state index is 12.7. The van der Waals surface area contributed by atoms with Gasteiger partial charge < -0.3 is 19.5 Å². The molecule has 0 rings (SSSR count). The molecule has 0 bridgehead atoms. The molecule has 0 aromatic rings. The molecule has 0 aromatic heterocycles. The van der Waals surface area contributed by atoms with Gasteiger partial charge in [-0.1, -0.05) is 124 Å². The van der Waals surface area contributed by atoms with Crippen molar-refractivity contribution in [1.82, 2.24) is 4.90 Å². The third kappa shape index (κ3) is 30.9. The van der Waals surface area contributed by atoms with Crippen molar-refractivity contribution in [2.75, 3.05) is 32.8 Å². The minimum atomic E-state index is -0.0672. The largest absolute Gasteiger partial charge is 0.466 e. The molecule has 262 valence electrons. The van der Waals surface area contributed by atoms with Crippen LogP contribution in [-0.4, -0.2) is 60.9 Å². The molecule has 44 heavy (non-hydrogen) atoms. The molecule has 6 heteroatoms. The number of esters is 2. The van der Waals surface area contributed by atoms with Gasteiger partial charge in [0.05, 0.1) is 13.2 Å². The lowest BCUT2D eigenvalue weighted by Gasteiger charge is -2.21. The van der Waals surface area contributed by atoms with E-state index in [-0.39, 0.29) is 24.6 Å². The molecule has 0 saturated heterocycles. The van der Waals surface area contributed by atoms with Gasteiger partial charge in [0.2, 0.25) is 0 Å². The molecule has 0 heterocycles. The molecule has 0 atom stereocenters. The fourth-order valence-electron chi connectivity index (χ4n) is 5.82. The smallest absolute Gasteiger partial charge is 0.306 e. The fraction of sp³-hybridized carbons (Fsp3) is 0.947. The van der Waals surface area contributed by atoms with Crippen molar-refractivity contribution in [2.24, 2.45) is 0 Å². The first-order chi connectivity index (χ1) is 21.6. The second-order valence-electron chi connectivity index (χ2n) is 13.0. The van der Waals surface area contributed by atoms with Crippen LogP contribution in [0.1, 0.15) is 194 Å². The van der Waals surface area contributed by atoms with Crippen molar-refractivity contribution in [2.45, 2.75) is 200 Å². The van der Waals surface area contributed by atoms with Crippen LogP contribution in [0.25, 0.3) is 0 Å². The van der Waals surface area contributed by atoms with E-state index in [2.05, 4.69) is 25.7 Å². The second kappa shape index (κ2) is 34.7. The summed E-state index contributed by atoms with van der Waals surface area (Å²) in [5.41, 5.74) is 0. The van der Waals surface area contributed by atoms with Gasteiger partial charge in [-0.05, 0) is 70.9 Å². The standard InChI is InChI=1S/C38H75NO5/c1-4-7-10-13-15-20-27-36(28-21-16-14-11-8-5-2)44-38(42)30-23-19-25-32-39(33-34-40)31-24-18-22-29-37(41)43-35-26-17-12-9-6-3/h36,40H,4-35H2,1-3H3. The Labute approximate surface area is 273 Å². The van der Waals surface area contributed by atoms with E-state index in [1.54, 1.807) is 0 Å². The number of aliphatic hydroxyl groups is 1. The highest BCUT2D eigenvalue weighted by atomic mass is 16.5. The van der Waals surface area contributed by atoms with Crippen molar-refractivity contribution in [3.63, 3.8) is 0 Å². The molecule has 0 unspecified atom stereocenters. The van der Waals surface area contributed by atoms with Gasteiger partial charge in [0, 0.05) is 19.4 Å². The number of carbonyl (C=O) groups is 2. The summed E-state index contributed by atoms with van der Waals surface area (Å²) in [6.07, 6.45) is 30.0. The van der Waals surface area contributed by atoms with Gasteiger partial charge in [-0.15, -0.1) is 0 Å². The molecule has 0 fully saturated rings. The number of nitrogens with zero attached hydrogens (tertiary/aromatic N) is 1. The zero-order chi connectivity index (χ0) is 32.4. The van der Waals surface area contributed by atoms with Gasteiger partial charge in [0.1, 0.15) is 6.10 Å². The highest BCUT2D eigenvalue weighted by molar-refractivity contribution is 5.69. The van der Waals surface area contributed by atoms with Gasteiger partial charge in [0.25, 0.3) is 0 Å². The monoisotopic (exact) mass is 626 g/mol. The molecule has 0 aliphatic rings. The van der Waals surface area contributed by atoms with Crippen LogP contribution in [0.5, 0.6) is 0 Å². The number of unbranched alkanes of at least 4 members (excludes halogenated alkanes) is 18. The number of rotatable bonds is 35. The maximum absolute atomic E-state index is 12.7. The van der Waals surface area contributed by atoms with E-state index in [0.717, 1.165) is 77.3 Å². The van der Waals surface area contributed by atoms with Gasteiger partial charge in [-0.25, -0.2) is 0 Å². The van der Waals surface area contributed by atoms with E-state index >= 15 is 0 Å². The number of aliphatic hydroxyl groups excluding tert-OH is 1. The predicted octanol–water partition coefficient (Wildman–Crippen LogP) is 10.3. The molecule has 0 spiro atoms. The summed E-state index contributed by atoms with van der Waals surface area (Å²) in [6, 6.07) is 0. The summed E-state index contributed by atoms with van der Waals surface area (Å²) in [7, 11) is 0. The van der Waals surface area contributed by atoms with Crippen LogP contribution in [0.2, 0.25) is 0 Å². The average molecular weight is 626 g/mol. The quantitative estimate of drug-likeness (QED) is 0.0558. The van der Waals surface area contributed by atoms with Gasteiger partial charge in [0.15, 0.2) is 0 Å². The van der Waals surface area contributed by atoms with E-state index in [0.29, 0.717) is 26.0 Å². The Bertz CT molecular complexity index is 598. The van der Waals surface area contributed by atoms with Crippen LogP contribution < -0.4 is 0 Å². The lowest BCUT2D eigenvalue weighted by molar-refractivity contribution is -0.150. The topological polar surface area (TPSA) is 76.1 Å². The van der Waals surface area contributed by atoms with Crippen molar-refractivity contribution in [3.05, 3.63) is 0 Å². The molecule has 0 aliphatic heterocycles. The summed E-state index contributed by atoms with van der Waals surface area (Å²) in [4.78, 5) is 26.9. The summed E-state index contributed by atoms with van der Waals surface area (Å²) in [6.45, 7) is 9.99. The summed E-state index contributed by atoms with van der Waals surface area (Å²) in [5, 5.41) is 9.49. The lowest BCUT2D eigenvalue weighted by atomic mass is 10.0. The SMILES string of the molecule is CCCCCCCCC(CCCCCCCC)OC(=O)CCCCCN(CCO)CCCCCC(=O)OCCCCCCC. The maximum Gasteiger partial charge on any atom is 0.306 e. The van der Waals surface area contributed by atoms with Crippen molar-refractivity contribution >= 4 is 11.9 Å². The first-order valence-corrected chi connectivity index (χ1v) is 19.3. The van der Waals surface area contributed by atoms with E-state index in [1.807, 2.05) is 0 Å². The Morgan fingerprint density at radius 1 is 0.523 bits per heavy atom. The van der Waals surface area contributed by atoms with Crippen molar-refractivity contribution in [3.8, 4) is 0 Å². The van der Waals surface area contributed by atoms with Crippen LogP contribution in [0.3, 0.4) is 0 Å². The van der Waals surface area contributed by atoms with Gasteiger partial charge in [-0.3, -0.25) is 9.59 Å². The molecule has 0 aromatic carbocycles. The Morgan fingerprint density at radius 2 is 0.955 bits per heavy atom. The van der Waals surface area contributed by atoms with Crippen LogP contribution in [-0.2, 0) is 19.1 Å². The average Bonchev–Trinajstić information content (AvgIpc) is 3.01. The minimum absolute atomic E-state index is 0.0193. The van der Waals surface area contributed by atoms with Crippen LogP contribution >= 0.6 is 0 Å². The normalized spacial score (nSPS) is 11.5. The van der Waals surface area contributed by atoms with Crippen molar-refractivity contribution in [1.29, 1.82) is 0 Å². The Morgan fingerprint density at radius 3 is 1.45 bits per heavy atom. The number of hydrogen-bond donors (Lipinski definition) is 1. The third-order valence-corrected chi connectivity index (χ3v) is 8.70.